The van der Waals surface area contributed by atoms with E-state index in [1.165, 1.54) is 26.5 Å². The van der Waals surface area contributed by atoms with Crippen molar-refractivity contribution in [3.05, 3.63) is 39.4 Å². The Morgan fingerprint density at radius 3 is 2.80 bits per heavy atom. The molecular formula is C12H9ClN4O3. The number of nitrogens with zero attached hydrogens (tertiary/aromatic N) is 4. The van der Waals surface area contributed by atoms with Crippen LogP contribution in [0.15, 0.2) is 23.4 Å². The maximum absolute atomic E-state index is 11.7. The van der Waals surface area contributed by atoms with Crippen LogP contribution >= 0.6 is 11.6 Å². The lowest BCUT2D eigenvalue weighted by Gasteiger charge is -2.09. The molecule has 0 atom stereocenters. The SMILES string of the molecule is COC(=O)c1cnc2cc(OC)c(Cl)cc2c1N=[N+]=[N-]. The topological polar surface area (TPSA) is 97.2 Å². The molecule has 20 heavy (non-hydrogen) atoms. The summed E-state index contributed by atoms with van der Waals surface area (Å²) in [6.45, 7) is 0. The van der Waals surface area contributed by atoms with Crippen molar-refractivity contribution in [3.8, 4) is 5.75 Å². The molecule has 102 valence electrons. The number of fused-ring (bicyclic) bond motifs is 1. The van der Waals surface area contributed by atoms with Crippen molar-refractivity contribution >= 4 is 34.2 Å². The summed E-state index contributed by atoms with van der Waals surface area (Å²) in [5.74, 6) is -0.210. The van der Waals surface area contributed by atoms with E-state index in [1.54, 1.807) is 6.07 Å². The fourth-order valence-corrected chi connectivity index (χ4v) is 1.99. The molecule has 1 aromatic carbocycles. The third-order valence-corrected chi connectivity index (χ3v) is 2.96. The second kappa shape index (κ2) is 5.64. The first-order valence-corrected chi connectivity index (χ1v) is 5.79. The maximum Gasteiger partial charge on any atom is 0.339 e. The number of carbonyl (C=O) groups excluding carboxylic acids is 1. The molecule has 7 nitrogen and oxygen atoms in total. The first-order valence-electron chi connectivity index (χ1n) is 5.42. The quantitative estimate of drug-likeness (QED) is 0.373. The molecule has 0 aliphatic heterocycles. The van der Waals surface area contributed by atoms with Gasteiger partial charge in [-0.2, -0.15) is 0 Å². The molecule has 0 radical (unpaired) electrons. The van der Waals surface area contributed by atoms with Crippen molar-refractivity contribution in [1.82, 2.24) is 4.98 Å². The summed E-state index contributed by atoms with van der Waals surface area (Å²) < 4.78 is 9.71. The normalized spacial score (nSPS) is 9.95. The maximum atomic E-state index is 11.7. The summed E-state index contributed by atoms with van der Waals surface area (Å²) >= 11 is 6.04. The monoisotopic (exact) mass is 292 g/mol. The van der Waals surface area contributed by atoms with Crippen LogP contribution in [0.5, 0.6) is 5.75 Å². The highest BCUT2D eigenvalue weighted by atomic mass is 35.5. The van der Waals surface area contributed by atoms with Gasteiger partial charge in [-0.15, -0.1) is 0 Å². The molecular weight excluding hydrogens is 284 g/mol. The Bertz CT molecular complexity index is 741. The fourth-order valence-electron chi connectivity index (χ4n) is 1.75. The molecule has 0 fully saturated rings. The summed E-state index contributed by atoms with van der Waals surface area (Å²) in [7, 11) is 2.71. The number of methoxy groups -OCH3 is 2. The Hall–Kier alpha value is -2.50. The average Bonchev–Trinajstić information content (AvgIpc) is 2.46. The molecule has 0 amide bonds. The number of pyridine rings is 1. The van der Waals surface area contributed by atoms with Crippen LogP contribution in [0.4, 0.5) is 5.69 Å². The minimum absolute atomic E-state index is 0.0685. The third-order valence-electron chi connectivity index (χ3n) is 2.66. The van der Waals surface area contributed by atoms with E-state index in [9.17, 15) is 4.79 Å². The number of benzene rings is 1. The first-order chi connectivity index (χ1) is 9.62. The van der Waals surface area contributed by atoms with E-state index in [-0.39, 0.29) is 11.3 Å². The highest BCUT2D eigenvalue weighted by Gasteiger charge is 2.16. The van der Waals surface area contributed by atoms with Gasteiger partial charge in [-0.05, 0) is 11.6 Å². The van der Waals surface area contributed by atoms with E-state index >= 15 is 0 Å². The number of hydrogen-bond donors (Lipinski definition) is 0. The lowest BCUT2D eigenvalue weighted by atomic mass is 10.1. The van der Waals surface area contributed by atoms with Crippen LogP contribution < -0.4 is 4.74 Å². The molecule has 2 aromatic rings. The van der Waals surface area contributed by atoms with E-state index < -0.39 is 5.97 Å². The van der Waals surface area contributed by atoms with Gasteiger partial charge in [0, 0.05) is 22.6 Å². The van der Waals surface area contributed by atoms with Gasteiger partial charge in [-0.3, -0.25) is 4.98 Å². The zero-order valence-corrected chi connectivity index (χ0v) is 11.4. The Labute approximate surface area is 118 Å². The van der Waals surface area contributed by atoms with Crippen molar-refractivity contribution < 1.29 is 14.3 Å². The molecule has 0 aliphatic carbocycles. The summed E-state index contributed by atoms with van der Waals surface area (Å²) in [6.07, 6.45) is 1.28. The highest BCUT2D eigenvalue weighted by Crippen LogP contribution is 2.35. The Morgan fingerprint density at radius 1 is 1.45 bits per heavy atom. The number of aromatic nitrogens is 1. The van der Waals surface area contributed by atoms with Gasteiger partial charge < -0.3 is 9.47 Å². The molecule has 0 unspecified atom stereocenters. The number of rotatable bonds is 3. The van der Waals surface area contributed by atoms with Crippen LogP contribution in [-0.4, -0.2) is 25.2 Å². The number of halogens is 1. The Kier molecular flexibility index (Phi) is 3.93. The van der Waals surface area contributed by atoms with Crippen molar-refractivity contribution in [3.63, 3.8) is 0 Å². The predicted octanol–water partition coefficient (Wildman–Crippen LogP) is 3.63. The molecule has 0 N–H and O–H groups in total. The van der Waals surface area contributed by atoms with Gasteiger partial charge in [0.2, 0.25) is 0 Å². The van der Waals surface area contributed by atoms with Gasteiger partial charge in [0.25, 0.3) is 0 Å². The molecule has 8 heteroatoms. The van der Waals surface area contributed by atoms with Crippen LogP contribution in [-0.2, 0) is 4.74 Å². The highest BCUT2D eigenvalue weighted by molar-refractivity contribution is 6.33. The van der Waals surface area contributed by atoms with Crippen LogP contribution in [0.1, 0.15) is 10.4 Å². The minimum atomic E-state index is -0.645. The van der Waals surface area contributed by atoms with Gasteiger partial charge in [-0.1, -0.05) is 16.7 Å². The third kappa shape index (κ3) is 2.32. The van der Waals surface area contributed by atoms with Crippen molar-refractivity contribution in [1.29, 1.82) is 0 Å². The largest absolute Gasteiger partial charge is 0.495 e. The molecule has 0 bridgehead atoms. The van der Waals surface area contributed by atoms with E-state index in [0.717, 1.165) is 0 Å². The molecule has 2 rings (SSSR count). The average molecular weight is 293 g/mol. The van der Waals surface area contributed by atoms with E-state index in [2.05, 4.69) is 19.7 Å². The molecule has 0 aliphatic rings. The standard InChI is InChI=1S/C12H9ClN4O3/c1-19-10-4-9-6(3-8(10)13)11(16-17-14)7(5-15-9)12(18)20-2/h3-5H,1-2H3. The fraction of sp³-hybridized carbons (Fsp3) is 0.167. The van der Waals surface area contributed by atoms with Crippen LogP contribution in [0, 0.1) is 0 Å². The number of carbonyl (C=O) groups is 1. The Balaban J connectivity index is 2.84. The van der Waals surface area contributed by atoms with Gasteiger partial charge in [0.1, 0.15) is 5.75 Å². The van der Waals surface area contributed by atoms with E-state index in [0.29, 0.717) is 21.7 Å². The van der Waals surface area contributed by atoms with Crippen LogP contribution in [0.25, 0.3) is 21.3 Å². The smallest absolute Gasteiger partial charge is 0.339 e. The van der Waals surface area contributed by atoms with Crippen molar-refractivity contribution in [2.45, 2.75) is 0 Å². The minimum Gasteiger partial charge on any atom is -0.495 e. The van der Waals surface area contributed by atoms with Gasteiger partial charge in [0.05, 0.1) is 36.0 Å². The number of hydrogen-bond acceptors (Lipinski definition) is 5. The molecule has 1 aromatic heterocycles. The van der Waals surface area contributed by atoms with E-state index in [1.807, 2.05) is 0 Å². The number of esters is 1. The van der Waals surface area contributed by atoms with Gasteiger partial charge >= 0.3 is 5.97 Å². The van der Waals surface area contributed by atoms with Crippen LogP contribution in [0.3, 0.4) is 0 Å². The predicted molar refractivity (Wildman–Crippen MR) is 73.5 cm³/mol. The van der Waals surface area contributed by atoms with Gasteiger partial charge in [0.15, 0.2) is 0 Å². The van der Waals surface area contributed by atoms with Gasteiger partial charge in [-0.25, -0.2) is 4.79 Å². The lowest BCUT2D eigenvalue weighted by Crippen LogP contribution is -2.02. The summed E-state index contributed by atoms with van der Waals surface area (Å²) in [5, 5.41) is 4.30. The summed E-state index contributed by atoms with van der Waals surface area (Å²) in [6, 6.07) is 3.12. The van der Waals surface area contributed by atoms with Crippen molar-refractivity contribution in [2.24, 2.45) is 5.11 Å². The molecule has 0 saturated heterocycles. The number of azide groups is 1. The summed E-state index contributed by atoms with van der Waals surface area (Å²) in [5.41, 5.74) is 9.33. The first kappa shape index (κ1) is 13.9. The zero-order chi connectivity index (χ0) is 14.7. The second-order valence-corrected chi connectivity index (χ2v) is 4.11. The van der Waals surface area contributed by atoms with Crippen LogP contribution in [0.2, 0.25) is 5.02 Å². The zero-order valence-electron chi connectivity index (χ0n) is 10.6. The second-order valence-electron chi connectivity index (χ2n) is 3.71. The Morgan fingerprint density at radius 2 is 2.20 bits per heavy atom. The molecule has 0 spiro atoms. The van der Waals surface area contributed by atoms with Crippen molar-refractivity contribution in [2.75, 3.05) is 14.2 Å². The number of ether oxygens (including phenoxy) is 2. The molecule has 1 heterocycles. The molecule has 0 saturated carbocycles. The summed E-state index contributed by atoms with van der Waals surface area (Å²) in [4.78, 5) is 18.5. The van der Waals surface area contributed by atoms with E-state index in [4.69, 9.17) is 21.9 Å². The lowest BCUT2D eigenvalue weighted by molar-refractivity contribution is 0.0601.